The largest absolute Gasteiger partial charge is 0.378 e. The molecular formula is C23H28N4O. The van der Waals surface area contributed by atoms with E-state index in [2.05, 4.69) is 51.5 Å². The van der Waals surface area contributed by atoms with Crippen LogP contribution in [0.2, 0.25) is 0 Å². The Labute approximate surface area is 166 Å². The Kier molecular flexibility index (Phi) is 5.07. The molecule has 1 fully saturated rings. The topological polar surface area (TPSA) is 40.9 Å². The average molecular weight is 377 g/mol. The number of hydrogen-bond acceptors (Lipinski definition) is 3. The van der Waals surface area contributed by atoms with E-state index in [1.807, 2.05) is 37.5 Å². The van der Waals surface area contributed by atoms with E-state index in [4.69, 9.17) is 0 Å². The lowest BCUT2D eigenvalue weighted by molar-refractivity contribution is -0.130. The van der Waals surface area contributed by atoms with E-state index in [1.165, 1.54) is 0 Å². The van der Waals surface area contributed by atoms with Crippen molar-refractivity contribution >= 4 is 17.2 Å². The van der Waals surface area contributed by atoms with Crippen LogP contribution in [0, 0.1) is 6.92 Å². The number of benzene rings is 1. The number of rotatable bonds is 5. The lowest BCUT2D eigenvalue weighted by atomic mass is 9.91. The first-order chi connectivity index (χ1) is 13.5. The molecule has 5 heteroatoms. The highest BCUT2D eigenvalue weighted by Crippen LogP contribution is 2.31. The molecule has 0 aliphatic carbocycles. The number of nitrogens with zero attached hydrogens (tertiary/aromatic N) is 4. The van der Waals surface area contributed by atoms with E-state index in [0.717, 1.165) is 54.1 Å². The van der Waals surface area contributed by atoms with Gasteiger partial charge in [0.2, 0.25) is 5.91 Å². The Morgan fingerprint density at radius 3 is 2.54 bits per heavy atom. The molecule has 1 aliphatic rings. The number of anilines is 1. The van der Waals surface area contributed by atoms with Gasteiger partial charge in [-0.25, -0.2) is 4.98 Å². The van der Waals surface area contributed by atoms with Crippen molar-refractivity contribution in [2.75, 3.05) is 32.1 Å². The maximum atomic E-state index is 13.0. The molecule has 0 saturated carbocycles. The van der Waals surface area contributed by atoms with Crippen molar-refractivity contribution < 1.29 is 4.79 Å². The van der Waals surface area contributed by atoms with Gasteiger partial charge in [0, 0.05) is 57.6 Å². The molecule has 5 nitrogen and oxygen atoms in total. The van der Waals surface area contributed by atoms with Crippen LogP contribution in [-0.4, -0.2) is 47.4 Å². The Morgan fingerprint density at radius 1 is 1.14 bits per heavy atom. The second-order valence-corrected chi connectivity index (χ2v) is 7.90. The SMILES string of the molecule is Cc1cccn2c(C(CC(=O)N3CCCC3)c3ccc(N(C)C)cc3)cnc12. The second kappa shape index (κ2) is 7.66. The smallest absolute Gasteiger partial charge is 0.223 e. The van der Waals surface area contributed by atoms with Crippen LogP contribution in [0.25, 0.3) is 5.65 Å². The summed E-state index contributed by atoms with van der Waals surface area (Å²) in [6.07, 6.45) is 6.69. The number of carbonyl (C=O) groups excluding carboxylic acids is 1. The summed E-state index contributed by atoms with van der Waals surface area (Å²) in [5.74, 6) is 0.225. The molecule has 1 aliphatic heterocycles. The molecule has 3 heterocycles. The van der Waals surface area contributed by atoms with Crippen molar-refractivity contribution in [3.63, 3.8) is 0 Å². The fourth-order valence-corrected chi connectivity index (χ4v) is 4.10. The first kappa shape index (κ1) is 18.5. The Bertz CT molecular complexity index is 968. The van der Waals surface area contributed by atoms with Crippen molar-refractivity contribution in [2.45, 2.75) is 32.1 Å². The lowest BCUT2D eigenvalue weighted by Crippen LogP contribution is -2.29. The highest BCUT2D eigenvalue weighted by atomic mass is 16.2. The number of carbonyl (C=O) groups is 1. The predicted molar refractivity (Wildman–Crippen MR) is 113 cm³/mol. The van der Waals surface area contributed by atoms with Gasteiger partial charge in [0.05, 0.1) is 5.69 Å². The van der Waals surface area contributed by atoms with Crippen LogP contribution in [-0.2, 0) is 4.79 Å². The van der Waals surface area contributed by atoms with Crippen molar-refractivity contribution in [2.24, 2.45) is 0 Å². The number of pyridine rings is 1. The standard InChI is InChI=1S/C23H28N4O/c1-17-7-6-14-27-21(16-24-23(17)27)20(15-22(28)26-12-4-5-13-26)18-8-10-19(11-9-18)25(2)3/h6-11,14,16,20H,4-5,12-13,15H2,1-3H3. The van der Waals surface area contributed by atoms with Gasteiger partial charge in [0.15, 0.2) is 0 Å². The molecule has 1 saturated heterocycles. The van der Waals surface area contributed by atoms with E-state index in [-0.39, 0.29) is 11.8 Å². The number of likely N-dealkylation sites (tertiary alicyclic amines) is 1. The lowest BCUT2D eigenvalue weighted by Gasteiger charge is -2.22. The van der Waals surface area contributed by atoms with Gasteiger partial charge in [-0.3, -0.25) is 4.79 Å². The number of aromatic nitrogens is 2. The summed E-state index contributed by atoms with van der Waals surface area (Å²) in [5.41, 5.74) is 5.48. The fourth-order valence-electron chi connectivity index (χ4n) is 4.10. The molecule has 0 N–H and O–H groups in total. The third-order valence-electron chi connectivity index (χ3n) is 5.77. The number of imidazole rings is 1. The van der Waals surface area contributed by atoms with Crippen molar-refractivity contribution in [1.29, 1.82) is 0 Å². The Hall–Kier alpha value is -2.82. The van der Waals surface area contributed by atoms with Gasteiger partial charge in [-0.1, -0.05) is 18.2 Å². The quantitative estimate of drug-likeness (QED) is 0.679. The van der Waals surface area contributed by atoms with Gasteiger partial charge < -0.3 is 14.2 Å². The Balaban J connectivity index is 1.73. The van der Waals surface area contributed by atoms with Crippen molar-refractivity contribution in [1.82, 2.24) is 14.3 Å². The van der Waals surface area contributed by atoms with Gasteiger partial charge in [0.1, 0.15) is 5.65 Å². The highest BCUT2D eigenvalue weighted by Gasteiger charge is 2.26. The zero-order valence-electron chi connectivity index (χ0n) is 16.9. The molecule has 1 amide bonds. The van der Waals surface area contributed by atoms with Crippen molar-refractivity contribution in [3.8, 4) is 0 Å². The van der Waals surface area contributed by atoms with E-state index in [0.29, 0.717) is 6.42 Å². The van der Waals surface area contributed by atoms with E-state index >= 15 is 0 Å². The third-order valence-corrected chi connectivity index (χ3v) is 5.77. The minimum Gasteiger partial charge on any atom is -0.378 e. The van der Waals surface area contributed by atoms with E-state index in [9.17, 15) is 4.79 Å². The molecule has 3 aromatic rings. The summed E-state index contributed by atoms with van der Waals surface area (Å²) < 4.78 is 2.14. The summed E-state index contributed by atoms with van der Waals surface area (Å²) in [4.78, 5) is 21.7. The summed E-state index contributed by atoms with van der Waals surface area (Å²) >= 11 is 0. The molecule has 0 bridgehead atoms. The van der Waals surface area contributed by atoms with Crippen LogP contribution in [0.3, 0.4) is 0 Å². The first-order valence-corrected chi connectivity index (χ1v) is 10.0. The Morgan fingerprint density at radius 2 is 1.86 bits per heavy atom. The van der Waals surface area contributed by atoms with Gasteiger partial charge in [-0.15, -0.1) is 0 Å². The molecule has 0 spiro atoms. The number of amides is 1. The van der Waals surface area contributed by atoms with Crippen LogP contribution < -0.4 is 4.90 Å². The van der Waals surface area contributed by atoms with Crippen LogP contribution >= 0.6 is 0 Å². The molecule has 4 rings (SSSR count). The van der Waals surface area contributed by atoms with E-state index in [1.54, 1.807) is 0 Å². The van der Waals surface area contributed by atoms with E-state index < -0.39 is 0 Å². The summed E-state index contributed by atoms with van der Waals surface area (Å²) in [7, 11) is 4.08. The van der Waals surface area contributed by atoms with Gasteiger partial charge in [-0.05, 0) is 49.1 Å². The molecule has 1 atom stereocenters. The molecule has 1 aromatic carbocycles. The minimum absolute atomic E-state index is 0.0129. The maximum Gasteiger partial charge on any atom is 0.223 e. The van der Waals surface area contributed by atoms with Gasteiger partial charge >= 0.3 is 0 Å². The van der Waals surface area contributed by atoms with Crippen molar-refractivity contribution in [3.05, 3.63) is 65.6 Å². The van der Waals surface area contributed by atoms with Gasteiger partial charge in [0.25, 0.3) is 0 Å². The van der Waals surface area contributed by atoms with Gasteiger partial charge in [-0.2, -0.15) is 0 Å². The molecule has 146 valence electrons. The monoisotopic (exact) mass is 376 g/mol. The highest BCUT2D eigenvalue weighted by molar-refractivity contribution is 5.78. The first-order valence-electron chi connectivity index (χ1n) is 10.0. The molecule has 2 aromatic heterocycles. The van der Waals surface area contributed by atoms with Crippen LogP contribution in [0.5, 0.6) is 0 Å². The van der Waals surface area contributed by atoms with Crippen LogP contribution in [0.1, 0.15) is 42.0 Å². The zero-order chi connectivity index (χ0) is 19.7. The minimum atomic E-state index is -0.0129. The number of hydrogen-bond donors (Lipinski definition) is 0. The molecular weight excluding hydrogens is 348 g/mol. The molecule has 0 radical (unpaired) electrons. The molecule has 1 unspecified atom stereocenters. The zero-order valence-corrected chi connectivity index (χ0v) is 16.9. The average Bonchev–Trinajstić information content (AvgIpc) is 3.37. The number of aryl methyl sites for hydroxylation is 1. The maximum absolute atomic E-state index is 13.0. The number of fused-ring (bicyclic) bond motifs is 1. The predicted octanol–water partition coefficient (Wildman–Crippen LogP) is 3.85. The van der Waals surface area contributed by atoms with Crippen LogP contribution in [0.4, 0.5) is 5.69 Å². The fraction of sp³-hybridized carbons (Fsp3) is 0.391. The normalized spacial score (nSPS) is 15.2. The molecule has 28 heavy (non-hydrogen) atoms. The summed E-state index contributed by atoms with van der Waals surface area (Å²) in [6.45, 7) is 3.84. The third kappa shape index (κ3) is 3.49. The second-order valence-electron chi connectivity index (χ2n) is 7.90. The summed E-state index contributed by atoms with van der Waals surface area (Å²) in [6, 6.07) is 12.7. The summed E-state index contributed by atoms with van der Waals surface area (Å²) in [5, 5.41) is 0. The van der Waals surface area contributed by atoms with Crippen LogP contribution in [0.15, 0.2) is 48.8 Å².